The molecule has 0 bridgehead atoms. The van der Waals surface area contributed by atoms with Crippen LogP contribution in [0.25, 0.3) is 0 Å². The van der Waals surface area contributed by atoms with E-state index in [1.165, 1.54) is 38.5 Å². The number of halogens is 4. The van der Waals surface area contributed by atoms with E-state index in [0.29, 0.717) is 6.42 Å². The molecule has 1 aromatic carbocycles. The molecule has 0 heterocycles. The summed E-state index contributed by atoms with van der Waals surface area (Å²) in [5.74, 6) is -8.71. The van der Waals surface area contributed by atoms with Gasteiger partial charge < -0.3 is 5.26 Å². The van der Waals surface area contributed by atoms with Gasteiger partial charge in [0.25, 0.3) is 0 Å². The number of benzene rings is 1. The van der Waals surface area contributed by atoms with Crippen molar-refractivity contribution in [1.82, 2.24) is 0 Å². The molecule has 0 N–H and O–H groups in total. The van der Waals surface area contributed by atoms with Crippen LogP contribution < -0.4 is 5.26 Å². The fourth-order valence-electron chi connectivity index (χ4n) is 3.22. The maximum atomic E-state index is 14.1. The minimum Gasteiger partial charge on any atom is -0.691 e. The molecule has 0 aliphatic rings. The van der Waals surface area contributed by atoms with Gasteiger partial charge in [-0.15, -0.1) is 0 Å². The van der Waals surface area contributed by atoms with Crippen LogP contribution in [0.1, 0.15) is 84.0 Å². The van der Waals surface area contributed by atoms with Crippen molar-refractivity contribution in [1.29, 1.82) is 0 Å². The van der Waals surface area contributed by atoms with Gasteiger partial charge in [-0.25, -0.2) is 26.0 Å². The molecule has 0 aromatic heterocycles. The van der Waals surface area contributed by atoms with Crippen LogP contribution in [0.4, 0.5) is 17.6 Å². The lowest BCUT2D eigenvalue weighted by Gasteiger charge is -2.12. The topological polar surface area (TPSA) is 75.7 Å². The second-order valence-electron chi connectivity index (χ2n) is 7.34. The highest BCUT2D eigenvalue weighted by Gasteiger charge is 2.33. The van der Waals surface area contributed by atoms with Crippen LogP contribution in [0, 0.1) is 23.3 Å². The SMILES string of the molecule is CCCCCCCCCCCCCCS(=O)(=O)c1c(F)c(F)c(SOO[O-])c(F)c1F. The summed E-state index contributed by atoms with van der Waals surface area (Å²) in [6.45, 7) is 2.17. The number of hydrogen-bond donors (Lipinski definition) is 0. The Hall–Kier alpha value is -0.880. The third-order valence-electron chi connectivity index (χ3n) is 4.91. The normalized spacial score (nSPS) is 11.9. The molecule has 0 aliphatic carbocycles. The molecule has 0 saturated carbocycles. The fraction of sp³-hybridized carbons (Fsp3) is 0.700. The number of rotatable bonds is 17. The molecule has 1 rings (SSSR count). The summed E-state index contributed by atoms with van der Waals surface area (Å²) in [7, 11) is -4.59. The molecule has 11 heteroatoms. The lowest BCUT2D eigenvalue weighted by molar-refractivity contribution is -0.777. The monoisotopic (exact) mass is 489 g/mol. The molecule has 5 nitrogen and oxygen atoms in total. The van der Waals surface area contributed by atoms with Gasteiger partial charge in [0, 0.05) is 0 Å². The van der Waals surface area contributed by atoms with Crippen molar-refractivity contribution in [3.05, 3.63) is 23.3 Å². The van der Waals surface area contributed by atoms with Gasteiger partial charge in [0.15, 0.2) is 33.1 Å². The Morgan fingerprint density at radius 3 is 1.58 bits per heavy atom. The summed E-state index contributed by atoms with van der Waals surface area (Å²) in [6, 6.07) is 0. The maximum absolute atomic E-state index is 14.1. The Kier molecular flexibility index (Phi) is 13.7. The second kappa shape index (κ2) is 15.0. The smallest absolute Gasteiger partial charge is 0.184 e. The highest BCUT2D eigenvalue weighted by Crippen LogP contribution is 2.34. The molecule has 0 spiro atoms. The van der Waals surface area contributed by atoms with E-state index in [-0.39, 0.29) is 6.42 Å². The Morgan fingerprint density at radius 2 is 1.16 bits per heavy atom. The van der Waals surface area contributed by atoms with E-state index in [2.05, 4.69) is 16.3 Å². The largest absolute Gasteiger partial charge is 0.691 e. The van der Waals surface area contributed by atoms with Crippen LogP contribution in [0.5, 0.6) is 0 Å². The minimum absolute atomic E-state index is 0.116. The van der Waals surface area contributed by atoms with E-state index in [0.717, 1.165) is 25.7 Å². The molecule has 0 saturated heterocycles. The summed E-state index contributed by atoms with van der Waals surface area (Å²) >= 11 is -0.401. The Morgan fingerprint density at radius 1 is 0.742 bits per heavy atom. The predicted molar refractivity (Wildman–Crippen MR) is 107 cm³/mol. The van der Waals surface area contributed by atoms with Crippen LogP contribution in [-0.2, 0) is 19.2 Å². The molecule has 0 atom stereocenters. The number of unbranched alkanes of at least 4 members (excludes halogenated alkanes) is 11. The molecule has 0 amide bonds. The van der Waals surface area contributed by atoms with Crippen molar-refractivity contribution in [2.24, 2.45) is 0 Å². The van der Waals surface area contributed by atoms with Crippen molar-refractivity contribution in [3.63, 3.8) is 0 Å². The Balaban J connectivity index is 2.48. The van der Waals surface area contributed by atoms with Gasteiger partial charge in [-0.2, -0.15) is 4.33 Å². The number of hydrogen-bond acceptors (Lipinski definition) is 6. The lowest BCUT2D eigenvalue weighted by atomic mass is 10.1. The Labute approximate surface area is 185 Å². The highest BCUT2D eigenvalue weighted by molar-refractivity contribution is 7.94. The van der Waals surface area contributed by atoms with Gasteiger partial charge in [0.2, 0.25) is 0 Å². The Bertz CT molecular complexity index is 746. The maximum Gasteiger partial charge on any atom is 0.184 e. The molecule has 31 heavy (non-hydrogen) atoms. The molecular weight excluding hydrogens is 460 g/mol. The molecule has 180 valence electrons. The van der Waals surface area contributed by atoms with Gasteiger partial charge in [0.05, 0.1) is 17.8 Å². The third-order valence-corrected chi connectivity index (χ3v) is 7.36. The van der Waals surface area contributed by atoms with Crippen LogP contribution in [-0.4, -0.2) is 14.2 Å². The van der Waals surface area contributed by atoms with Gasteiger partial charge in [-0.1, -0.05) is 77.6 Å². The van der Waals surface area contributed by atoms with Crippen molar-refractivity contribution >= 4 is 21.9 Å². The predicted octanol–water partition coefficient (Wildman–Crippen LogP) is 5.95. The lowest BCUT2D eigenvalue weighted by Crippen LogP contribution is -2.15. The van der Waals surface area contributed by atoms with Gasteiger partial charge in [-0.05, 0) is 6.42 Å². The average Bonchev–Trinajstić information content (AvgIpc) is 2.73. The summed E-state index contributed by atoms with van der Waals surface area (Å²) in [4.78, 5) is -3.01. The first-order valence-electron chi connectivity index (χ1n) is 10.5. The molecule has 0 fully saturated rings. The zero-order valence-corrected chi connectivity index (χ0v) is 19.2. The molecular formula is C20H29F4O5S2-. The van der Waals surface area contributed by atoms with Crippen LogP contribution in [0.3, 0.4) is 0 Å². The summed E-state index contributed by atoms with van der Waals surface area (Å²) < 4.78 is 84.3. The van der Waals surface area contributed by atoms with Crippen LogP contribution in [0.2, 0.25) is 0 Å². The van der Waals surface area contributed by atoms with Crippen molar-refractivity contribution in [2.45, 2.75) is 93.8 Å². The van der Waals surface area contributed by atoms with E-state index in [1.54, 1.807) is 0 Å². The summed E-state index contributed by atoms with van der Waals surface area (Å²) in [5, 5.41) is 12.6. The zero-order valence-electron chi connectivity index (χ0n) is 17.6. The fourth-order valence-corrected chi connectivity index (χ4v) is 5.16. The molecule has 1 aromatic rings. The minimum atomic E-state index is -4.59. The summed E-state index contributed by atoms with van der Waals surface area (Å²) in [6.07, 6.45) is 11.9. The van der Waals surface area contributed by atoms with Gasteiger partial charge >= 0.3 is 0 Å². The summed E-state index contributed by atoms with van der Waals surface area (Å²) in [5.41, 5.74) is 0. The van der Waals surface area contributed by atoms with E-state index in [9.17, 15) is 31.2 Å². The van der Waals surface area contributed by atoms with Crippen LogP contribution in [0.15, 0.2) is 9.79 Å². The quantitative estimate of drug-likeness (QED) is 0.0672. The van der Waals surface area contributed by atoms with Crippen molar-refractivity contribution < 1.29 is 40.6 Å². The second-order valence-corrected chi connectivity index (χ2v) is 10.1. The number of sulfone groups is 1. The van der Waals surface area contributed by atoms with E-state index < -0.39 is 60.7 Å². The average molecular weight is 490 g/mol. The first kappa shape index (κ1) is 28.2. The first-order valence-corrected chi connectivity index (χ1v) is 12.9. The van der Waals surface area contributed by atoms with Gasteiger partial charge in [-0.3, -0.25) is 5.04 Å². The third kappa shape index (κ3) is 9.25. The first-order chi connectivity index (χ1) is 14.8. The van der Waals surface area contributed by atoms with E-state index >= 15 is 0 Å². The molecule has 0 aliphatic heterocycles. The van der Waals surface area contributed by atoms with Crippen LogP contribution >= 0.6 is 12.0 Å². The zero-order chi connectivity index (χ0) is 23.3. The van der Waals surface area contributed by atoms with Crippen molar-refractivity contribution in [3.8, 4) is 0 Å². The molecule has 0 unspecified atom stereocenters. The van der Waals surface area contributed by atoms with Crippen molar-refractivity contribution in [2.75, 3.05) is 5.75 Å². The van der Waals surface area contributed by atoms with E-state index in [1.807, 2.05) is 0 Å². The molecule has 0 radical (unpaired) electrons. The standard InChI is InChI=1S/C20H30F4O5S2/c1-2-3-4-5-6-7-8-9-10-11-12-13-14-31(26,27)20-17(23)15(21)19(30-29-28-25)16(22)18(20)24/h25H,2-14H2,1H3/p-1. The van der Waals surface area contributed by atoms with Gasteiger partial charge in [0.1, 0.15) is 9.79 Å². The highest BCUT2D eigenvalue weighted by atomic mass is 32.2. The van der Waals surface area contributed by atoms with E-state index in [4.69, 9.17) is 0 Å².